The Kier molecular flexibility index (Phi) is 8.26. The monoisotopic (exact) mass is 702 g/mol. The Morgan fingerprint density at radius 2 is 1.72 bits per heavy atom. The molecule has 7 nitrogen and oxygen atoms in total. The Balaban J connectivity index is 1.39. The summed E-state index contributed by atoms with van der Waals surface area (Å²) >= 11 is 4.87. The summed E-state index contributed by atoms with van der Waals surface area (Å²) in [5.74, 6) is 0.322. The summed E-state index contributed by atoms with van der Waals surface area (Å²) < 4.78 is 11.1. The zero-order valence-electron chi connectivity index (χ0n) is 26.0. The fraction of sp³-hybridized carbons (Fsp3) is 0.132. The number of nitrogens with zero attached hydrogens (tertiary/aromatic N) is 3. The molecule has 1 aliphatic heterocycles. The minimum atomic E-state index is -0.702. The fourth-order valence-electron chi connectivity index (χ4n) is 6.21. The van der Waals surface area contributed by atoms with E-state index in [4.69, 9.17) is 9.73 Å². The lowest BCUT2D eigenvalue weighted by Gasteiger charge is -2.25. The van der Waals surface area contributed by atoms with Crippen LogP contribution >= 0.6 is 27.3 Å². The van der Waals surface area contributed by atoms with Crippen LogP contribution in [0.1, 0.15) is 35.3 Å². The van der Waals surface area contributed by atoms with Gasteiger partial charge < -0.3 is 14.6 Å². The molecule has 0 fully saturated rings. The average molecular weight is 704 g/mol. The van der Waals surface area contributed by atoms with Crippen molar-refractivity contribution in [3.05, 3.63) is 161 Å². The number of hydrogen-bond donors (Lipinski definition) is 1. The number of amides is 1. The molecule has 0 aliphatic carbocycles. The van der Waals surface area contributed by atoms with E-state index in [1.54, 1.807) is 11.7 Å². The molecule has 0 saturated heterocycles. The normalized spacial score (nSPS) is 14.6. The number of para-hydroxylation sites is 2. The molecule has 7 rings (SSSR count). The van der Waals surface area contributed by atoms with E-state index in [0.29, 0.717) is 38.6 Å². The zero-order chi connectivity index (χ0) is 32.7. The van der Waals surface area contributed by atoms with E-state index in [2.05, 4.69) is 57.0 Å². The van der Waals surface area contributed by atoms with Crippen LogP contribution < -0.4 is 24.9 Å². The summed E-state index contributed by atoms with van der Waals surface area (Å²) in [7, 11) is 1.60. The van der Waals surface area contributed by atoms with Gasteiger partial charge in [0.1, 0.15) is 5.75 Å². The molecule has 0 unspecified atom stereocenters. The van der Waals surface area contributed by atoms with Crippen LogP contribution in [0.5, 0.6) is 5.75 Å². The molecule has 1 N–H and O–H groups in total. The van der Waals surface area contributed by atoms with E-state index in [1.165, 1.54) is 16.9 Å². The highest BCUT2D eigenvalue weighted by atomic mass is 79.9. The number of fused-ring (bicyclic) bond motifs is 2. The van der Waals surface area contributed by atoms with Gasteiger partial charge >= 0.3 is 0 Å². The molecule has 1 atom stereocenters. The number of benzene rings is 4. The Hall–Kier alpha value is -4.99. The van der Waals surface area contributed by atoms with Crippen molar-refractivity contribution >= 4 is 55.8 Å². The number of thiazole rings is 1. The van der Waals surface area contributed by atoms with Gasteiger partial charge in [-0.05, 0) is 73.5 Å². The predicted octanol–water partition coefficient (Wildman–Crippen LogP) is 6.96. The largest absolute Gasteiger partial charge is 0.497 e. The molecule has 234 valence electrons. The Bertz CT molecular complexity index is 2370. The van der Waals surface area contributed by atoms with Gasteiger partial charge in [0.15, 0.2) is 4.80 Å². The Morgan fingerprint density at radius 3 is 2.49 bits per heavy atom. The average Bonchev–Trinajstić information content (AvgIpc) is 3.53. The summed E-state index contributed by atoms with van der Waals surface area (Å²) in [6.45, 7) is 4.62. The Labute approximate surface area is 283 Å². The lowest BCUT2D eigenvalue weighted by molar-refractivity contribution is -0.113. The maximum Gasteiger partial charge on any atom is 0.271 e. The minimum Gasteiger partial charge on any atom is -0.497 e. The van der Waals surface area contributed by atoms with Gasteiger partial charge in [-0.15, -0.1) is 0 Å². The van der Waals surface area contributed by atoms with Crippen LogP contribution in [0.25, 0.3) is 17.0 Å². The van der Waals surface area contributed by atoms with E-state index < -0.39 is 6.04 Å². The van der Waals surface area contributed by atoms with Crippen molar-refractivity contribution in [2.45, 2.75) is 26.4 Å². The second-order valence-electron chi connectivity index (χ2n) is 11.4. The van der Waals surface area contributed by atoms with Crippen LogP contribution in [-0.2, 0) is 11.3 Å². The van der Waals surface area contributed by atoms with Crippen molar-refractivity contribution in [1.29, 1.82) is 0 Å². The summed E-state index contributed by atoms with van der Waals surface area (Å²) in [4.78, 5) is 33.7. The maximum atomic E-state index is 14.5. The lowest BCUT2D eigenvalue weighted by atomic mass is 9.95. The number of nitrogens with one attached hydrogen (secondary N) is 1. The van der Waals surface area contributed by atoms with Crippen molar-refractivity contribution in [3.63, 3.8) is 0 Å². The van der Waals surface area contributed by atoms with E-state index in [0.717, 1.165) is 32.2 Å². The number of halogens is 1. The van der Waals surface area contributed by atoms with Crippen LogP contribution in [0.15, 0.2) is 129 Å². The number of carbonyl (C=O) groups excluding carboxylic acids is 1. The van der Waals surface area contributed by atoms with Gasteiger partial charge in [-0.3, -0.25) is 14.2 Å². The van der Waals surface area contributed by atoms with Gasteiger partial charge in [0.25, 0.3) is 11.5 Å². The molecule has 0 bridgehead atoms. The van der Waals surface area contributed by atoms with Crippen LogP contribution in [0.4, 0.5) is 5.69 Å². The SMILES string of the molecule is COc1cccc([C@H]2C(C(=O)Nc3ccccc3)=C(C)N=c3s/c(=C\c4c(C)n(Cc5ccc(Br)cc5)c5ccccc45)c(=O)n32)c1. The molecule has 3 heterocycles. The molecule has 47 heavy (non-hydrogen) atoms. The van der Waals surface area contributed by atoms with Crippen molar-refractivity contribution in [3.8, 4) is 5.75 Å². The molecule has 1 aliphatic rings. The third-order valence-electron chi connectivity index (χ3n) is 8.52. The smallest absolute Gasteiger partial charge is 0.271 e. The molecular formula is C38H31BrN4O3S. The number of ether oxygens (including phenoxy) is 1. The fourth-order valence-corrected chi connectivity index (χ4v) is 7.50. The van der Waals surface area contributed by atoms with Gasteiger partial charge in [-0.25, -0.2) is 4.99 Å². The summed E-state index contributed by atoms with van der Waals surface area (Å²) in [5.41, 5.74) is 6.49. The molecule has 0 spiro atoms. The molecule has 6 aromatic rings. The second kappa shape index (κ2) is 12.7. The first-order valence-electron chi connectivity index (χ1n) is 15.2. The van der Waals surface area contributed by atoms with E-state index in [-0.39, 0.29) is 11.5 Å². The van der Waals surface area contributed by atoms with E-state index in [9.17, 15) is 9.59 Å². The highest BCUT2D eigenvalue weighted by molar-refractivity contribution is 9.10. The molecular weight excluding hydrogens is 672 g/mol. The van der Waals surface area contributed by atoms with Gasteiger partial charge in [-0.2, -0.15) is 0 Å². The first-order valence-corrected chi connectivity index (χ1v) is 16.8. The number of methoxy groups -OCH3 is 1. The summed E-state index contributed by atoms with van der Waals surface area (Å²) in [6, 6.07) is 32.7. The van der Waals surface area contributed by atoms with Gasteiger partial charge in [0.2, 0.25) is 0 Å². The number of carbonyl (C=O) groups is 1. The molecule has 0 radical (unpaired) electrons. The third-order valence-corrected chi connectivity index (χ3v) is 10.0. The molecule has 1 amide bonds. The number of aromatic nitrogens is 2. The molecule has 0 saturated carbocycles. The maximum absolute atomic E-state index is 14.5. The topological polar surface area (TPSA) is 77.6 Å². The molecule has 2 aromatic heterocycles. The third kappa shape index (κ3) is 5.77. The minimum absolute atomic E-state index is 0.205. The van der Waals surface area contributed by atoms with Crippen LogP contribution in [0.2, 0.25) is 0 Å². The van der Waals surface area contributed by atoms with E-state index in [1.807, 2.05) is 91.9 Å². The highest BCUT2D eigenvalue weighted by Gasteiger charge is 2.33. The van der Waals surface area contributed by atoms with Gasteiger partial charge in [-0.1, -0.05) is 87.9 Å². The quantitative estimate of drug-likeness (QED) is 0.196. The number of hydrogen-bond acceptors (Lipinski definition) is 5. The van der Waals surface area contributed by atoms with Crippen LogP contribution in [0.3, 0.4) is 0 Å². The van der Waals surface area contributed by atoms with E-state index >= 15 is 0 Å². The van der Waals surface area contributed by atoms with Crippen molar-refractivity contribution in [2.24, 2.45) is 4.99 Å². The van der Waals surface area contributed by atoms with Crippen LogP contribution in [0, 0.1) is 6.92 Å². The second-order valence-corrected chi connectivity index (χ2v) is 13.3. The molecule has 9 heteroatoms. The van der Waals surface area contributed by atoms with Crippen molar-refractivity contribution in [2.75, 3.05) is 12.4 Å². The number of rotatable bonds is 7. The Morgan fingerprint density at radius 1 is 0.979 bits per heavy atom. The predicted molar refractivity (Wildman–Crippen MR) is 192 cm³/mol. The lowest BCUT2D eigenvalue weighted by Crippen LogP contribution is -2.40. The standard InChI is InChI=1S/C38H31BrN4O3S/c1-23-34(36(44)41-28-11-5-4-6-12-28)35(26-10-9-13-29(20-26)46-3)43-37(45)33(47-38(43)40-23)21-31-24(2)42(32-15-8-7-14-30(31)32)22-25-16-18-27(39)19-17-25/h4-21,35H,22H2,1-3H3,(H,41,44)/b33-21-/t35-/m0/s1. The number of allylic oxidation sites excluding steroid dienone is 1. The highest BCUT2D eigenvalue weighted by Crippen LogP contribution is 2.33. The summed E-state index contributed by atoms with van der Waals surface area (Å²) in [5, 5.41) is 4.07. The zero-order valence-corrected chi connectivity index (χ0v) is 28.4. The first-order chi connectivity index (χ1) is 22.8. The van der Waals surface area contributed by atoms with Crippen molar-refractivity contribution < 1.29 is 9.53 Å². The van der Waals surface area contributed by atoms with Crippen molar-refractivity contribution in [1.82, 2.24) is 9.13 Å². The van der Waals surface area contributed by atoms with Gasteiger partial charge in [0, 0.05) is 38.9 Å². The summed E-state index contributed by atoms with van der Waals surface area (Å²) in [6.07, 6.45) is 1.98. The van der Waals surface area contributed by atoms with Crippen LogP contribution in [-0.4, -0.2) is 22.2 Å². The molecule has 4 aromatic carbocycles. The van der Waals surface area contributed by atoms with Gasteiger partial charge in [0.05, 0.1) is 29.0 Å². The number of anilines is 1. The first kappa shape index (κ1) is 30.7.